The van der Waals surface area contributed by atoms with E-state index in [1.54, 1.807) is 18.2 Å². The number of rotatable bonds is 4. The van der Waals surface area contributed by atoms with Crippen LogP contribution in [0.5, 0.6) is 0 Å². The summed E-state index contributed by atoms with van der Waals surface area (Å²) in [5, 5.41) is 3.75. The third-order valence-electron chi connectivity index (χ3n) is 3.72. The van der Waals surface area contributed by atoms with Crippen molar-refractivity contribution in [2.45, 2.75) is 32.1 Å². The molecule has 0 bridgehead atoms. The van der Waals surface area contributed by atoms with Gasteiger partial charge in [0.2, 0.25) is 11.7 Å². The molecule has 0 spiro atoms. The average Bonchev–Trinajstić information content (AvgIpc) is 3.10. The lowest BCUT2D eigenvalue weighted by molar-refractivity contribution is -0.122. The van der Waals surface area contributed by atoms with Crippen LogP contribution in [0.15, 0.2) is 28.8 Å². The predicted octanol–water partition coefficient (Wildman–Crippen LogP) is 3.18. The van der Waals surface area contributed by atoms with Crippen LogP contribution in [0.3, 0.4) is 0 Å². The van der Waals surface area contributed by atoms with Gasteiger partial charge in [-0.3, -0.25) is 4.79 Å². The van der Waals surface area contributed by atoms with Crippen molar-refractivity contribution < 1.29 is 13.7 Å². The van der Waals surface area contributed by atoms with Crippen molar-refractivity contribution in [3.8, 4) is 11.4 Å². The zero-order valence-electron chi connectivity index (χ0n) is 11.0. The standard InChI is InChI=1S/C15H15FN2O2/c16-12-8-4-3-7-11(12)15-17-14(20-18-15)9-13(19)10-5-1-2-6-10/h3-4,7-8,10H,1-2,5-6,9H2. The number of nitrogens with zero attached hydrogens (tertiary/aromatic N) is 2. The van der Waals surface area contributed by atoms with E-state index in [9.17, 15) is 9.18 Å². The molecule has 104 valence electrons. The molecule has 1 aromatic heterocycles. The van der Waals surface area contributed by atoms with Crippen LogP contribution in [0.25, 0.3) is 11.4 Å². The Morgan fingerprint density at radius 2 is 2.05 bits per heavy atom. The van der Waals surface area contributed by atoms with Gasteiger partial charge in [-0.2, -0.15) is 4.98 Å². The molecule has 0 atom stereocenters. The molecule has 0 N–H and O–H groups in total. The van der Waals surface area contributed by atoms with Gasteiger partial charge in [-0.05, 0) is 25.0 Å². The van der Waals surface area contributed by atoms with Crippen molar-refractivity contribution in [3.05, 3.63) is 36.0 Å². The van der Waals surface area contributed by atoms with E-state index < -0.39 is 5.82 Å². The van der Waals surface area contributed by atoms with Gasteiger partial charge in [-0.1, -0.05) is 30.1 Å². The summed E-state index contributed by atoms with van der Waals surface area (Å²) in [6.45, 7) is 0. The monoisotopic (exact) mass is 274 g/mol. The van der Waals surface area contributed by atoms with Crippen molar-refractivity contribution in [1.29, 1.82) is 0 Å². The molecule has 1 saturated carbocycles. The van der Waals surface area contributed by atoms with Crippen LogP contribution < -0.4 is 0 Å². The van der Waals surface area contributed by atoms with Crippen molar-refractivity contribution in [2.75, 3.05) is 0 Å². The minimum absolute atomic E-state index is 0.124. The van der Waals surface area contributed by atoms with E-state index in [4.69, 9.17) is 4.52 Å². The fraction of sp³-hybridized carbons (Fsp3) is 0.400. The number of ketones is 1. The van der Waals surface area contributed by atoms with Crippen LogP contribution in [-0.2, 0) is 11.2 Å². The van der Waals surface area contributed by atoms with E-state index in [0.29, 0.717) is 0 Å². The van der Waals surface area contributed by atoms with E-state index >= 15 is 0 Å². The normalized spacial score (nSPS) is 15.7. The highest BCUT2D eigenvalue weighted by molar-refractivity contribution is 5.82. The van der Waals surface area contributed by atoms with Gasteiger partial charge in [-0.15, -0.1) is 0 Å². The minimum atomic E-state index is -0.401. The molecular weight excluding hydrogens is 259 g/mol. The minimum Gasteiger partial charge on any atom is -0.338 e. The van der Waals surface area contributed by atoms with Gasteiger partial charge in [0.15, 0.2) is 0 Å². The van der Waals surface area contributed by atoms with Gasteiger partial charge in [0, 0.05) is 5.92 Å². The Hall–Kier alpha value is -2.04. The Morgan fingerprint density at radius 3 is 2.80 bits per heavy atom. The SMILES string of the molecule is O=C(Cc1nc(-c2ccccc2F)no1)C1CCCC1. The van der Waals surface area contributed by atoms with Gasteiger partial charge in [0.05, 0.1) is 12.0 Å². The maximum absolute atomic E-state index is 13.6. The Kier molecular flexibility index (Phi) is 3.58. The van der Waals surface area contributed by atoms with E-state index in [2.05, 4.69) is 10.1 Å². The van der Waals surface area contributed by atoms with Crippen LogP contribution >= 0.6 is 0 Å². The third kappa shape index (κ3) is 2.61. The molecule has 1 fully saturated rings. The molecule has 3 rings (SSSR count). The lowest BCUT2D eigenvalue weighted by Crippen LogP contribution is -2.13. The molecule has 0 saturated heterocycles. The number of hydrogen-bond acceptors (Lipinski definition) is 4. The van der Waals surface area contributed by atoms with Gasteiger partial charge < -0.3 is 4.52 Å². The fourth-order valence-corrected chi connectivity index (χ4v) is 2.62. The molecule has 1 aliphatic carbocycles. The molecule has 2 aromatic rings. The highest BCUT2D eigenvalue weighted by Gasteiger charge is 2.24. The van der Waals surface area contributed by atoms with Gasteiger partial charge in [0.25, 0.3) is 0 Å². The van der Waals surface area contributed by atoms with Crippen LogP contribution in [0.4, 0.5) is 4.39 Å². The Balaban J connectivity index is 1.74. The second-order valence-corrected chi connectivity index (χ2v) is 5.12. The molecule has 0 radical (unpaired) electrons. The molecule has 4 nitrogen and oxygen atoms in total. The summed E-state index contributed by atoms with van der Waals surface area (Å²) < 4.78 is 18.7. The van der Waals surface area contributed by atoms with Gasteiger partial charge in [-0.25, -0.2) is 4.39 Å². The Morgan fingerprint density at radius 1 is 1.30 bits per heavy atom. The maximum atomic E-state index is 13.6. The topological polar surface area (TPSA) is 56.0 Å². The molecular formula is C15H15FN2O2. The maximum Gasteiger partial charge on any atom is 0.234 e. The lowest BCUT2D eigenvalue weighted by Gasteiger charge is -2.04. The number of carbonyl (C=O) groups excluding carboxylic acids is 1. The number of benzene rings is 1. The summed E-state index contributed by atoms with van der Waals surface area (Å²) in [5.74, 6) is 0.324. The van der Waals surface area contributed by atoms with Gasteiger partial charge in [0.1, 0.15) is 11.6 Å². The number of carbonyl (C=O) groups is 1. The largest absolute Gasteiger partial charge is 0.338 e. The first-order valence-electron chi connectivity index (χ1n) is 6.84. The second-order valence-electron chi connectivity index (χ2n) is 5.12. The fourth-order valence-electron chi connectivity index (χ4n) is 2.62. The van der Waals surface area contributed by atoms with Crippen LogP contribution in [0.1, 0.15) is 31.6 Å². The number of hydrogen-bond donors (Lipinski definition) is 0. The van der Waals surface area contributed by atoms with Gasteiger partial charge >= 0.3 is 0 Å². The summed E-state index contributed by atoms with van der Waals surface area (Å²) in [4.78, 5) is 16.1. The van der Waals surface area contributed by atoms with Crippen molar-refractivity contribution >= 4 is 5.78 Å². The summed E-state index contributed by atoms with van der Waals surface area (Å²) in [7, 11) is 0. The van der Waals surface area contributed by atoms with E-state index in [-0.39, 0.29) is 35.4 Å². The van der Waals surface area contributed by atoms with E-state index in [1.807, 2.05) is 0 Å². The Bertz CT molecular complexity index is 618. The smallest absolute Gasteiger partial charge is 0.234 e. The highest BCUT2D eigenvalue weighted by Crippen LogP contribution is 2.27. The van der Waals surface area contributed by atoms with Crippen molar-refractivity contribution in [1.82, 2.24) is 10.1 Å². The van der Waals surface area contributed by atoms with Crippen LogP contribution in [0.2, 0.25) is 0 Å². The molecule has 5 heteroatoms. The Labute approximate surface area is 116 Å². The first kappa shape index (κ1) is 13.0. The van der Waals surface area contributed by atoms with Crippen molar-refractivity contribution in [2.24, 2.45) is 5.92 Å². The second kappa shape index (κ2) is 5.53. The van der Waals surface area contributed by atoms with E-state index in [0.717, 1.165) is 25.7 Å². The van der Waals surface area contributed by atoms with E-state index in [1.165, 1.54) is 6.07 Å². The predicted molar refractivity (Wildman–Crippen MR) is 70.4 cm³/mol. The number of Topliss-reactive ketones (excluding diaryl/α,β-unsaturated/α-hetero) is 1. The first-order chi connectivity index (χ1) is 9.74. The zero-order valence-corrected chi connectivity index (χ0v) is 11.0. The molecule has 1 aromatic carbocycles. The summed E-state index contributed by atoms with van der Waals surface area (Å²) in [6.07, 6.45) is 4.27. The number of aromatic nitrogens is 2. The molecule has 1 aliphatic rings. The summed E-state index contributed by atoms with van der Waals surface area (Å²) >= 11 is 0. The van der Waals surface area contributed by atoms with Crippen LogP contribution in [-0.4, -0.2) is 15.9 Å². The average molecular weight is 274 g/mol. The molecule has 1 heterocycles. The first-order valence-corrected chi connectivity index (χ1v) is 6.84. The summed E-state index contributed by atoms with van der Waals surface area (Å²) in [5.41, 5.74) is 0.288. The van der Waals surface area contributed by atoms with Crippen molar-refractivity contribution in [3.63, 3.8) is 0 Å². The lowest BCUT2D eigenvalue weighted by atomic mass is 10.0. The summed E-state index contributed by atoms with van der Waals surface area (Å²) in [6, 6.07) is 6.24. The molecule has 0 aliphatic heterocycles. The molecule has 0 amide bonds. The quantitative estimate of drug-likeness (QED) is 0.859. The molecule has 20 heavy (non-hydrogen) atoms. The highest BCUT2D eigenvalue weighted by atomic mass is 19.1. The third-order valence-corrected chi connectivity index (χ3v) is 3.72. The zero-order chi connectivity index (χ0) is 13.9. The molecule has 0 unspecified atom stereocenters. The number of halogens is 1. The van der Waals surface area contributed by atoms with Crippen LogP contribution in [0, 0.1) is 11.7 Å².